The zero-order valence-electron chi connectivity index (χ0n) is 14.8. The molecule has 0 bridgehead atoms. The summed E-state index contributed by atoms with van der Waals surface area (Å²) < 4.78 is 33.1. The van der Waals surface area contributed by atoms with Gasteiger partial charge in [0.05, 0.1) is 18.1 Å². The second-order valence-electron chi connectivity index (χ2n) is 5.90. The maximum atomic E-state index is 12.6. The number of hydrogen-bond acceptors (Lipinski definition) is 4. The van der Waals surface area contributed by atoms with E-state index in [-0.39, 0.29) is 11.5 Å². The third kappa shape index (κ3) is 4.74. The highest BCUT2D eigenvalue weighted by Crippen LogP contribution is 2.26. The van der Waals surface area contributed by atoms with Gasteiger partial charge < -0.3 is 9.84 Å². The number of sulfonamides is 1. The minimum Gasteiger partial charge on any atom is -0.494 e. The molecule has 0 saturated heterocycles. The third-order valence-electron chi connectivity index (χ3n) is 4.15. The van der Waals surface area contributed by atoms with E-state index in [0.717, 1.165) is 12.0 Å². The van der Waals surface area contributed by atoms with Crippen LogP contribution in [0.3, 0.4) is 0 Å². The van der Waals surface area contributed by atoms with Crippen LogP contribution in [0.25, 0.3) is 0 Å². The lowest BCUT2D eigenvalue weighted by Gasteiger charge is -2.13. The van der Waals surface area contributed by atoms with E-state index in [0.29, 0.717) is 29.5 Å². The Morgan fingerprint density at radius 3 is 2.36 bits per heavy atom. The first kappa shape index (κ1) is 19.3. The van der Waals surface area contributed by atoms with Crippen molar-refractivity contribution in [2.45, 2.75) is 44.6 Å². The van der Waals surface area contributed by atoms with Gasteiger partial charge in [-0.3, -0.25) is 4.72 Å². The molecule has 2 aromatic carbocycles. The number of ether oxygens (including phenoxy) is 1. The number of anilines is 1. The SMILES string of the molecule is CCOc1ccc(NS(=O)(=O)c2ccc(C(C)CC)cc2)cc1CO. The highest BCUT2D eigenvalue weighted by molar-refractivity contribution is 7.92. The van der Waals surface area contributed by atoms with Gasteiger partial charge in [0.2, 0.25) is 0 Å². The van der Waals surface area contributed by atoms with Crippen molar-refractivity contribution in [1.82, 2.24) is 0 Å². The highest BCUT2D eigenvalue weighted by Gasteiger charge is 2.16. The van der Waals surface area contributed by atoms with Crippen LogP contribution in [0, 0.1) is 0 Å². The molecule has 6 heteroatoms. The first-order valence-electron chi connectivity index (χ1n) is 8.40. The van der Waals surface area contributed by atoms with Crippen molar-refractivity contribution in [2.75, 3.05) is 11.3 Å². The summed E-state index contributed by atoms with van der Waals surface area (Å²) in [4.78, 5) is 0.207. The van der Waals surface area contributed by atoms with E-state index < -0.39 is 10.0 Å². The number of aliphatic hydroxyl groups is 1. The van der Waals surface area contributed by atoms with Crippen LogP contribution in [0.5, 0.6) is 5.75 Å². The van der Waals surface area contributed by atoms with Crippen molar-refractivity contribution in [3.63, 3.8) is 0 Å². The number of nitrogens with one attached hydrogen (secondary N) is 1. The van der Waals surface area contributed by atoms with E-state index in [9.17, 15) is 13.5 Å². The van der Waals surface area contributed by atoms with Gasteiger partial charge in [0.15, 0.2) is 0 Å². The minimum atomic E-state index is -3.69. The summed E-state index contributed by atoms with van der Waals surface area (Å²) in [5.74, 6) is 0.939. The Balaban J connectivity index is 2.23. The topological polar surface area (TPSA) is 75.6 Å². The summed E-state index contributed by atoms with van der Waals surface area (Å²) in [6, 6.07) is 11.8. The summed E-state index contributed by atoms with van der Waals surface area (Å²) in [5, 5.41) is 9.43. The molecule has 0 amide bonds. The van der Waals surface area contributed by atoms with Gasteiger partial charge in [0, 0.05) is 11.3 Å². The largest absolute Gasteiger partial charge is 0.494 e. The maximum absolute atomic E-state index is 12.6. The molecule has 0 aliphatic heterocycles. The molecule has 1 atom stereocenters. The predicted octanol–water partition coefficient (Wildman–Crippen LogP) is 3.89. The standard InChI is InChI=1S/C19H25NO4S/c1-4-14(3)15-6-9-18(10-7-15)25(22,23)20-17-8-11-19(24-5-2)16(12-17)13-21/h6-12,14,20-21H,4-5,13H2,1-3H3. The Labute approximate surface area is 149 Å². The molecule has 0 aliphatic rings. The van der Waals surface area contributed by atoms with Crippen LogP contribution in [-0.4, -0.2) is 20.1 Å². The monoisotopic (exact) mass is 363 g/mol. The van der Waals surface area contributed by atoms with Gasteiger partial charge in [0.25, 0.3) is 10.0 Å². The molecule has 1 unspecified atom stereocenters. The maximum Gasteiger partial charge on any atom is 0.261 e. The van der Waals surface area contributed by atoms with E-state index in [4.69, 9.17) is 4.74 Å². The normalized spacial score (nSPS) is 12.6. The van der Waals surface area contributed by atoms with Crippen molar-refractivity contribution in [2.24, 2.45) is 0 Å². The average Bonchev–Trinajstić information content (AvgIpc) is 2.62. The average molecular weight is 363 g/mol. The Bertz CT molecular complexity index is 801. The molecule has 2 rings (SSSR count). The molecule has 25 heavy (non-hydrogen) atoms. The lowest BCUT2D eigenvalue weighted by Crippen LogP contribution is -2.13. The smallest absolute Gasteiger partial charge is 0.261 e. The summed E-state index contributed by atoms with van der Waals surface area (Å²) in [7, 11) is -3.69. The van der Waals surface area contributed by atoms with Gasteiger partial charge in [-0.25, -0.2) is 8.42 Å². The zero-order chi connectivity index (χ0) is 18.4. The molecule has 136 valence electrons. The molecule has 0 radical (unpaired) electrons. The number of aliphatic hydroxyl groups excluding tert-OH is 1. The van der Waals surface area contributed by atoms with Crippen LogP contribution in [0.4, 0.5) is 5.69 Å². The van der Waals surface area contributed by atoms with Crippen LogP contribution in [-0.2, 0) is 16.6 Å². The Kier molecular flexibility index (Phi) is 6.45. The van der Waals surface area contributed by atoms with Crippen molar-refractivity contribution >= 4 is 15.7 Å². The van der Waals surface area contributed by atoms with Crippen molar-refractivity contribution < 1.29 is 18.3 Å². The quantitative estimate of drug-likeness (QED) is 0.746. The molecule has 0 saturated carbocycles. The van der Waals surface area contributed by atoms with Crippen LogP contribution >= 0.6 is 0 Å². The van der Waals surface area contributed by atoms with E-state index in [1.165, 1.54) is 0 Å². The molecule has 0 aromatic heterocycles. The van der Waals surface area contributed by atoms with Crippen LogP contribution < -0.4 is 9.46 Å². The summed E-state index contributed by atoms with van der Waals surface area (Å²) >= 11 is 0. The van der Waals surface area contributed by atoms with Gasteiger partial charge >= 0.3 is 0 Å². The van der Waals surface area contributed by atoms with Crippen molar-refractivity contribution in [3.8, 4) is 5.75 Å². The second-order valence-corrected chi connectivity index (χ2v) is 7.58. The second kappa shape index (κ2) is 8.36. The van der Waals surface area contributed by atoms with Gasteiger partial charge in [0.1, 0.15) is 5.75 Å². The van der Waals surface area contributed by atoms with E-state index >= 15 is 0 Å². The van der Waals surface area contributed by atoms with Gasteiger partial charge in [-0.1, -0.05) is 26.0 Å². The van der Waals surface area contributed by atoms with Gasteiger partial charge in [-0.2, -0.15) is 0 Å². The van der Waals surface area contributed by atoms with Gasteiger partial charge in [-0.05, 0) is 55.2 Å². The Hall–Kier alpha value is -2.05. The first-order chi connectivity index (χ1) is 11.9. The lowest BCUT2D eigenvalue weighted by atomic mass is 9.99. The molecule has 0 fully saturated rings. The highest BCUT2D eigenvalue weighted by atomic mass is 32.2. The molecule has 2 aromatic rings. The summed E-state index contributed by atoms with van der Waals surface area (Å²) in [5.41, 5.74) is 2.04. The number of rotatable bonds is 8. The number of benzene rings is 2. The molecular formula is C19H25NO4S. The molecular weight excluding hydrogens is 338 g/mol. The molecule has 0 heterocycles. The number of hydrogen-bond donors (Lipinski definition) is 2. The van der Waals surface area contributed by atoms with Crippen molar-refractivity contribution in [3.05, 3.63) is 53.6 Å². The Morgan fingerprint density at radius 1 is 1.12 bits per heavy atom. The Morgan fingerprint density at radius 2 is 1.80 bits per heavy atom. The van der Waals surface area contributed by atoms with E-state index in [1.54, 1.807) is 30.3 Å². The minimum absolute atomic E-state index is 0.207. The van der Waals surface area contributed by atoms with Crippen LogP contribution in [0.15, 0.2) is 47.4 Å². The molecule has 5 nitrogen and oxygen atoms in total. The summed E-state index contributed by atoms with van der Waals surface area (Å²) in [6.07, 6.45) is 1.00. The fourth-order valence-corrected chi connectivity index (χ4v) is 3.54. The van der Waals surface area contributed by atoms with Gasteiger partial charge in [-0.15, -0.1) is 0 Å². The van der Waals surface area contributed by atoms with Crippen molar-refractivity contribution in [1.29, 1.82) is 0 Å². The van der Waals surface area contributed by atoms with Crippen LogP contribution in [0.2, 0.25) is 0 Å². The lowest BCUT2D eigenvalue weighted by molar-refractivity contribution is 0.267. The molecule has 0 spiro atoms. The predicted molar refractivity (Wildman–Crippen MR) is 99.5 cm³/mol. The fraction of sp³-hybridized carbons (Fsp3) is 0.368. The fourth-order valence-electron chi connectivity index (χ4n) is 2.49. The van der Waals surface area contributed by atoms with E-state index in [1.807, 2.05) is 19.1 Å². The zero-order valence-corrected chi connectivity index (χ0v) is 15.6. The van der Waals surface area contributed by atoms with E-state index in [2.05, 4.69) is 18.6 Å². The molecule has 2 N–H and O–H groups in total. The first-order valence-corrected chi connectivity index (χ1v) is 9.89. The molecule has 0 aliphatic carbocycles. The van der Waals surface area contributed by atoms with Crippen LogP contribution in [0.1, 0.15) is 44.2 Å². The summed E-state index contributed by atoms with van der Waals surface area (Å²) in [6.45, 7) is 6.30. The third-order valence-corrected chi connectivity index (χ3v) is 5.55.